The molecule has 10 heteroatoms. The summed E-state index contributed by atoms with van der Waals surface area (Å²) >= 11 is 0. The van der Waals surface area contributed by atoms with Crippen molar-refractivity contribution in [1.82, 2.24) is 9.62 Å². The van der Waals surface area contributed by atoms with E-state index in [0.29, 0.717) is 5.56 Å². The van der Waals surface area contributed by atoms with Crippen molar-refractivity contribution in [2.75, 3.05) is 38.2 Å². The third kappa shape index (κ3) is 5.87. The number of morpholine rings is 1. The van der Waals surface area contributed by atoms with Gasteiger partial charge in [0.15, 0.2) is 0 Å². The van der Waals surface area contributed by atoms with Crippen LogP contribution < -0.4 is 10.6 Å². The summed E-state index contributed by atoms with van der Waals surface area (Å²) in [4.78, 5) is 23.8. The number of anilines is 1. The molecule has 0 spiro atoms. The zero-order valence-corrected chi connectivity index (χ0v) is 17.9. The van der Waals surface area contributed by atoms with E-state index in [0.717, 1.165) is 22.0 Å². The summed E-state index contributed by atoms with van der Waals surface area (Å²) in [5.74, 6) is -1.63. The maximum atomic E-state index is 14.2. The lowest BCUT2D eigenvalue weighted by molar-refractivity contribution is -0.116. The van der Waals surface area contributed by atoms with Gasteiger partial charge in [0.25, 0.3) is 5.91 Å². The smallest absolute Gasteiger partial charge is 0.251 e. The average Bonchev–Trinajstić information content (AvgIpc) is 2.75. The lowest BCUT2D eigenvalue weighted by Crippen LogP contribution is -2.40. The zero-order valence-electron chi connectivity index (χ0n) is 17.1. The van der Waals surface area contributed by atoms with Gasteiger partial charge in [-0.05, 0) is 37.3 Å². The summed E-state index contributed by atoms with van der Waals surface area (Å²) in [5.41, 5.74) is 1.60. The quantitative estimate of drug-likeness (QED) is 0.672. The summed E-state index contributed by atoms with van der Waals surface area (Å²) in [6.45, 7) is 2.73. The Morgan fingerprint density at radius 1 is 1.13 bits per heavy atom. The summed E-state index contributed by atoms with van der Waals surface area (Å²) in [5, 5.41) is 5.20. The van der Waals surface area contributed by atoms with Gasteiger partial charge in [0.2, 0.25) is 15.9 Å². The first-order chi connectivity index (χ1) is 14.8. The molecule has 8 nitrogen and oxygen atoms in total. The number of sulfonamides is 1. The number of amides is 2. The van der Waals surface area contributed by atoms with Gasteiger partial charge in [-0.3, -0.25) is 9.59 Å². The van der Waals surface area contributed by atoms with Crippen molar-refractivity contribution in [2.45, 2.75) is 18.2 Å². The Kier molecular flexibility index (Phi) is 7.37. The number of carbonyl (C=O) groups is 2. The molecule has 2 amide bonds. The van der Waals surface area contributed by atoms with E-state index in [1.165, 1.54) is 6.07 Å². The molecule has 0 radical (unpaired) electrons. The molecule has 1 aliphatic rings. The Hall–Kier alpha value is -2.82. The molecule has 2 aromatic carbocycles. The molecule has 0 saturated carbocycles. The number of hydrogen-bond donors (Lipinski definition) is 2. The van der Waals surface area contributed by atoms with Crippen molar-refractivity contribution in [3.63, 3.8) is 0 Å². The van der Waals surface area contributed by atoms with E-state index < -0.39 is 26.6 Å². The highest BCUT2D eigenvalue weighted by Crippen LogP contribution is 2.24. The molecule has 1 fully saturated rings. The maximum absolute atomic E-state index is 14.2. The van der Waals surface area contributed by atoms with Gasteiger partial charge in [-0.15, -0.1) is 0 Å². The van der Waals surface area contributed by atoms with Crippen molar-refractivity contribution >= 4 is 27.5 Å². The van der Waals surface area contributed by atoms with Gasteiger partial charge >= 0.3 is 0 Å². The monoisotopic (exact) mass is 449 g/mol. The van der Waals surface area contributed by atoms with Crippen LogP contribution in [-0.2, 0) is 19.6 Å². The third-order valence-corrected chi connectivity index (χ3v) is 6.63. The van der Waals surface area contributed by atoms with E-state index in [1.54, 1.807) is 18.2 Å². The van der Waals surface area contributed by atoms with Crippen molar-refractivity contribution in [1.29, 1.82) is 0 Å². The van der Waals surface area contributed by atoms with E-state index in [9.17, 15) is 22.4 Å². The molecular formula is C21H24FN3O5S. The summed E-state index contributed by atoms with van der Waals surface area (Å²) < 4.78 is 46.0. The van der Waals surface area contributed by atoms with Crippen molar-refractivity contribution < 1.29 is 27.1 Å². The third-order valence-electron chi connectivity index (χ3n) is 4.72. The molecule has 0 unspecified atom stereocenters. The summed E-state index contributed by atoms with van der Waals surface area (Å²) in [6, 6.07) is 10.5. The number of benzene rings is 2. The molecular weight excluding hydrogens is 425 g/mol. The molecule has 2 N–H and O–H groups in total. The SMILES string of the molecule is Cc1cccc(C(=O)NCCC(=O)Nc2ccc(F)c(S(=O)(=O)N3CCOCC3)c2)c1. The Balaban J connectivity index is 1.59. The van der Waals surface area contributed by atoms with Gasteiger partial charge in [-0.2, -0.15) is 4.31 Å². The number of aryl methyl sites for hydroxylation is 1. The molecule has 31 heavy (non-hydrogen) atoms. The van der Waals surface area contributed by atoms with Crippen LogP contribution in [0.3, 0.4) is 0 Å². The van der Waals surface area contributed by atoms with E-state index >= 15 is 0 Å². The van der Waals surface area contributed by atoms with Crippen LogP contribution >= 0.6 is 0 Å². The Morgan fingerprint density at radius 3 is 2.58 bits per heavy atom. The minimum absolute atomic E-state index is 0.0273. The molecule has 1 saturated heterocycles. The molecule has 166 valence electrons. The Labute approximate surface area is 180 Å². The number of ether oxygens (including phenoxy) is 1. The fraction of sp³-hybridized carbons (Fsp3) is 0.333. The number of nitrogens with zero attached hydrogens (tertiary/aromatic N) is 1. The van der Waals surface area contributed by atoms with Crippen LogP contribution in [0.15, 0.2) is 47.4 Å². The second-order valence-electron chi connectivity index (χ2n) is 7.09. The van der Waals surface area contributed by atoms with Gasteiger partial charge in [0.1, 0.15) is 10.7 Å². The molecule has 0 bridgehead atoms. The predicted octanol–water partition coefficient (Wildman–Crippen LogP) is 1.91. The lowest BCUT2D eigenvalue weighted by atomic mass is 10.1. The number of halogens is 1. The van der Waals surface area contributed by atoms with Crippen LogP contribution in [0.5, 0.6) is 0 Å². The van der Waals surface area contributed by atoms with E-state index in [2.05, 4.69) is 10.6 Å². The van der Waals surface area contributed by atoms with E-state index in [-0.39, 0.29) is 50.9 Å². The molecule has 1 heterocycles. The number of rotatable bonds is 7. The topological polar surface area (TPSA) is 105 Å². The molecule has 0 aromatic heterocycles. The first-order valence-corrected chi connectivity index (χ1v) is 11.2. The van der Waals surface area contributed by atoms with Crippen LogP contribution in [0, 0.1) is 12.7 Å². The standard InChI is InChI=1S/C21H24FN3O5S/c1-15-3-2-4-16(13-15)21(27)23-8-7-20(26)24-17-5-6-18(22)19(14-17)31(28,29)25-9-11-30-12-10-25/h2-6,13-14H,7-12H2,1H3,(H,23,27)(H,24,26). The highest BCUT2D eigenvalue weighted by Gasteiger charge is 2.29. The second kappa shape index (κ2) is 9.99. The Morgan fingerprint density at radius 2 is 1.87 bits per heavy atom. The van der Waals surface area contributed by atoms with Gasteiger partial charge in [-0.1, -0.05) is 17.7 Å². The normalized spacial score (nSPS) is 14.8. The number of carbonyl (C=O) groups excluding carboxylic acids is 2. The highest BCUT2D eigenvalue weighted by molar-refractivity contribution is 7.89. The van der Waals surface area contributed by atoms with Gasteiger partial charge in [0, 0.05) is 37.3 Å². The van der Waals surface area contributed by atoms with Crippen LogP contribution in [0.4, 0.5) is 10.1 Å². The zero-order chi connectivity index (χ0) is 22.4. The molecule has 3 rings (SSSR count). The van der Waals surface area contributed by atoms with E-state index in [1.807, 2.05) is 13.0 Å². The average molecular weight is 450 g/mol. The predicted molar refractivity (Wildman–Crippen MR) is 113 cm³/mol. The van der Waals surface area contributed by atoms with E-state index in [4.69, 9.17) is 4.74 Å². The minimum atomic E-state index is -4.04. The van der Waals surface area contributed by atoms with Crippen LogP contribution in [0.25, 0.3) is 0 Å². The van der Waals surface area contributed by atoms with Gasteiger partial charge in [0.05, 0.1) is 13.2 Å². The van der Waals surface area contributed by atoms with Crippen molar-refractivity contribution in [2.24, 2.45) is 0 Å². The lowest BCUT2D eigenvalue weighted by Gasteiger charge is -2.26. The minimum Gasteiger partial charge on any atom is -0.379 e. The first-order valence-electron chi connectivity index (χ1n) is 9.79. The molecule has 0 atom stereocenters. The van der Waals surface area contributed by atoms with Crippen LogP contribution in [-0.4, -0.2) is 57.4 Å². The van der Waals surface area contributed by atoms with Gasteiger partial charge in [-0.25, -0.2) is 12.8 Å². The Bertz CT molecular complexity index is 1070. The molecule has 2 aromatic rings. The van der Waals surface area contributed by atoms with Gasteiger partial charge < -0.3 is 15.4 Å². The van der Waals surface area contributed by atoms with Crippen molar-refractivity contribution in [3.8, 4) is 0 Å². The fourth-order valence-electron chi connectivity index (χ4n) is 3.11. The fourth-order valence-corrected chi connectivity index (χ4v) is 4.60. The first kappa shape index (κ1) is 22.9. The summed E-state index contributed by atoms with van der Waals surface area (Å²) in [7, 11) is -4.04. The second-order valence-corrected chi connectivity index (χ2v) is 8.99. The van der Waals surface area contributed by atoms with Crippen molar-refractivity contribution in [3.05, 3.63) is 59.4 Å². The summed E-state index contributed by atoms with van der Waals surface area (Å²) in [6.07, 6.45) is -0.0273. The largest absolute Gasteiger partial charge is 0.379 e. The number of nitrogens with one attached hydrogen (secondary N) is 2. The maximum Gasteiger partial charge on any atom is 0.251 e. The van der Waals surface area contributed by atoms with Crippen LogP contribution in [0.1, 0.15) is 22.3 Å². The molecule has 1 aliphatic heterocycles. The molecule has 0 aliphatic carbocycles. The number of hydrogen-bond acceptors (Lipinski definition) is 5. The van der Waals surface area contributed by atoms with Crippen LogP contribution in [0.2, 0.25) is 0 Å². The highest BCUT2D eigenvalue weighted by atomic mass is 32.2.